The summed E-state index contributed by atoms with van der Waals surface area (Å²) in [5, 5.41) is 10.3. The minimum absolute atomic E-state index is 0.0457. The van der Waals surface area contributed by atoms with Gasteiger partial charge in [-0.2, -0.15) is 9.64 Å². The predicted molar refractivity (Wildman–Crippen MR) is 82.1 cm³/mol. The Morgan fingerprint density at radius 3 is 3.05 bits per heavy atom. The largest absolute Gasteiger partial charge is 0.354 e. The summed E-state index contributed by atoms with van der Waals surface area (Å²) in [4.78, 5) is 2.13. The minimum Gasteiger partial charge on any atom is -0.354 e. The van der Waals surface area contributed by atoms with E-state index in [4.69, 9.17) is 11.6 Å². The van der Waals surface area contributed by atoms with Crippen LogP contribution < -0.4 is 4.90 Å². The maximum absolute atomic E-state index is 13.5. The Balaban J connectivity index is 2.04. The lowest BCUT2D eigenvalue weighted by Gasteiger charge is -2.28. The molecular weight excluding hydrogens is 309 g/mol. The third-order valence-electron chi connectivity index (χ3n) is 3.90. The quantitative estimate of drug-likeness (QED) is 0.823. The number of anilines is 1. The first-order chi connectivity index (χ1) is 10.1. The van der Waals surface area contributed by atoms with Gasteiger partial charge < -0.3 is 4.90 Å². The molecule has 2 aromatic rings. The highest BCUT2D eigenvalue weighted by Crippen LogP contribution is 2.44. The Kier molecular flexibility index (Phi) is 3.83. The van der Waals surface area contributed by atoms with Gasteiger partial charge in [0.2, 0.25) is 0 Å². The fourth-order valence-electron chi connectivity index (χ4n) is 2.93. The molecular formula is C15H13ClFN3S. The SMILES string of the molecule is CC1CCN(c2snc(Cl)c2C#N)C1c1cccc(F)c1. The Bertz CT molecular complexity index is 709. The van der Waals surface area contributed by atoms with Crippen LogP contribution in [0, 0.1) is 23.1 Å². The van der Waals surface area contributed by atoms with E-state index >= 15 is 0 Å². The van der Waals surface area contributed by atoms with Crippen LogP contribution in [0.3, 0.4) is 0 Å². The fourth-order valence-corrected chi connectivity index (χ4v) is 4.02. The summed E-state index contributed by atoms with van der Waals surface area (Å²) >= 11 is 7.20. The van der Waals surface area contributed by atoms with E-state index in [2.05, 4.69) is 22.3 Å². The normalized spacial score (nSPS) is 21.5. The van der Waals surface area contributed by atoms with E-state index in [-0.39, 0.29) is 17.0 Å². The number of nitriles is 1. The number of halogens is 2. The monoisotopic (exact) mass is 321 g/mol. The molecule has 2 heterocycles. The molecule has 108 valence electrons. The zero-order valence-corrected chi connectivity index (χ0v) is 13.0. The van der Waals surface area contributed by atoms with E-state index in [9.17, 15) is 9.65 Å². The van der Waals surface area contributed by atoms with Crippen molar-refractivity contribution >= 4 is 28.1 Å². The van der Waals surface area contributed by atoms with Crippen LogP contribution in [0.25, 0.3) is 0 Å². The van der Waals surface area contributed by atoms with E-state index < -0.39 is 0 Å². The Hall–Kier alpha value is -1.64. The van der Waals surface area contributed by atoms with Crippen molar-refractivity contribution in [3.05, 3.63) is 46.4 Å². The molecule has 1 aromatic heterocycles. The van der Waals surface area contributed by atoms with E-state index in [1.807, 2.05) is 6.07 Å². The molecule has 1 aliphatic heterocycles. The maximum atomic E-state index is 13.5. The van der Waals surface area contributed by atoms with Gasteiger partial charge in [-0.15, -0.1) is 0 Å². The molecule has 1 aliphatic rings. The first-order valence-corrected chi connectivity index (χ1v) is 7.84. The second-order valence-corrected chi connectivity index (χ2v) is 6.33. The van der Waals surface area contributed by atoms with Gasteiger partial charge in [0, 0.05) is 6.54 Å². The van der Waals surface area contributed by atoms with Gasteiger partial charge in [0.25, 0.3) is 0 Å². The van der Waals surface area contributed by atoms with Gasteiger partial charge in [-0.3, -0.25) is 0 Å². The van der Waals surface area contributed by atoms with Crippen molar-refractivity contribution in [2.24, 2.45) is 5.92 Å². The summed E-state index contributed by atoms with van der Waals surface area (Å²) < 4.78 is 17.6. The van der Waals surface area contributed by atoms with Crippen LogP contribution in [0.4, 0.5) is 9.39 Å². The Labute approximate surface area is 131 Å². The molecule has 0 radical (unpaired) electrons. The Morgan fingerprint density at radius 2 is 2.33 bits per heavy atom. The summed E-state index contributed by atoms with van der Waals surface area (Å²) in [6, 6.07) is 8.82. The molecule has 0 spiro atoms. The number of rotatable bonds is 2. The van der Waals surface area contributed by atoms with Crippen molar-refractivity contribution in [1.82, 2.24) is 4.37 Å². The van der Waals surface area contributed by atoms with Gasteiger partial charge in [-0.05, 0) is 41.6 Å². The number of benzene rings is 1. The van der Waals surface area contributed by atoms with Crippen LogP contribution in [0.1, 0.15) is 30.5 Å². The zero-order chi connectivity index (χ0) is 15.0. The third-order valence-corrected chi connectivity index (χ3v) is 5.15. The highest BCUT2D eigenvalue weighted by molar-refractivity contribution is 7.10. The van der Waals surface area contributed by atoms with Crippen molar-refractivity contribution in [3.63, 3.8) is 0 Å². The third kappa shape index (κ3) is 2.50. The van der Waals surface area contributed by atoms with Gasteiger partial charge in [-0.1, -0.05) is 30.7 Å². The molecule has 0 aliphatic carbocycles. The first kappa shape index (κ1) is 14.3. The molecule has 1 fully saturated rings. The first-order valence-electron chi connectivity index (χ1n) is 6.69. The summed E-state index contributed by atoms with van der Waals surface area (Å²) in [7, 11) is 0. The second kappa shape index (κ2) is 5.63. The molecule has 6 heteroatoms. The smallest absolute Gasteiger partial charge is 0.162 e. The average molecular weight is 322 g/mol. The van der Waals surface area contributed by atoms with Gasteiger partial charge in [0.1, 0.15) is 22.5 Å². The number of hydrogen-bond acceptors (Lipinski definition) is 4. The molecule has 3 nitrogen and oxygen atoms in total. The van der Waals surface area contributed by atoms with Crippen molar-refractivity contribution in [2.45, 2.75) is 19.4 Å². The molecule has 2 unspecified atom stereocenters. The molecule has 0 bridgehead atoms. The van der Waals surface area contributed by atoms with E-state index in [0.717, 1.165) is 23.5 Å². The van der Waals surface area contributed by atoms with E-state index in [1.54, 1.807) is 12.1 Å². The van der Waals surface area contributed by atoms with Crippen LogP contribution >= 0.6 is 23.1 Å². The minimum atomic E-state index is -0.241. The number of hydrogen-bond donors (Lipinski definition) is 0. The van der Waals surface area contributed by atoms with Crippen molar-refractivity contribution in [3.8, 4) is 6.07 Å². The van der Waals surface area contributed by atoms with Crippen molar-refractivity contribution < 1.29 is 4.39 Å². The van der Waals surface area contributed by atoms with Crippen LogP contribution in [-0.2, 0) is 0 Å². The zero-order valence-electron chi connectivity index (χ0n) is 11.4. The van der Waals surface area contributed by atoms with Gasteiger partial charge >= 0.3 is 0 Å². The van der Waals surface area contributed by atoms with Crippen LogP contribution in [0.2, 0.25) is 5.15 Å². The molecule has 0 amide bonds. The standard InChI is InChI=1S/C15H13ClFN3S/c1-9-5-6-20(15-12(8-18)14(16)19-21-15)13(9)10-3-2-4-11(17)7-10/h2-4,7,9,13H,5-6H2,1H3. The summed E-state index contributed by atoms with van der Waals surface area (Å²) in [5.41, 5.74) is 1.34. The lowest BCUT2D eigenvalue weighted by Crippen LogP contribution is -2.24. The molecule has 3 rings (SSSR count). The van der Waals surface area contributed by atoms with Gasteiger partial charge in [0.05, 0.1) is 6.04 Å². The van der Waals surface area contributed by atoms with E-state index in [0.29, 0.717) is 11.5 Å². The number of aromatic nitrogens is 1. The number of nitrogens with zero attached hydrogens (tertiary/aromatic N) is 3. The Morgan fingerprint density at radius 1 is 1.52 bits per heavy atom. The lowest BCUT2D eigenvalue weighted by molar-refractivity contribution is 0.529. The van der Waals surface area contributed by atoms with Crippen molar-refractivity contribution in [1.29, 1.82) is 5.26 Å². The molecule has 0 N–H and O–H groups in total. The van der Waals surface area contributed by atoms with Crippen LogP contribution in [0.5, 0.6) is 0 Å². The molecule has 21 heavy (non-hydrogen) atoms. The summed E-state index contributed by atoms with van der Waals surface area (Å²) in [6.07, 6.45) is 0.988. The van der Waals surface area contributed by atoms with Crippen molar-refractivity contribution in [2.75, 3.05) is 11.4 Å². The topological polar surface area (TPSA) is 39.9 Å². The predicted octanol–water partition coefficient (Wildman–Crippen LogP) is 4.39. The molecule has 2 atom stereocenters. The summed E-state index contributed by atoms with van der Waals surface area (Å²) in [5.74, 6) is 0.133. The maximum Gasteiger partial charge on any atom is 0.162 e. The second-order valence-electron chi connectivity index (χ2n) is 5.22. The fraction of sp³-hybridized carbons (Fsp3) is 0.333. The van der Waals surface area contributed by atoms with E-state index in [1.165, 1.54) is 17.6 Å². The van der Waals surface area contributed by atoms with Gasteiger partial charge in [0.15, 0.2) is 5.15 Å². The summed E-state index contributed by atoms with van der Waals surface area (Å²) in [6.45, 7) is 2.96. The molecule has 0 saturated carbocycles. The average Bonchev–Trinajstić information content (AvgIpc) is 3.01. The molecule has 1 saturated heterocycles. The highest BCUT2D eigenvalue weighted by Gasteiger charge is 2.35. The van der Waals surface area contributed by atoms with Crippen LogP contribution in [-0.4, -0.2) is 10.9 Å². The van der Waals surface area contributed by atoms with Crippen LogP contribution in [0.15, 0.2) is 24.3 Å². The highest BCUT2D eigenvalue weighted by atomic mass is 35.5. The van der Waals surface area contributed by atoms with Gasteiger partial charge in [-0.25, -0.2) is 4.39 Å². The lowest BCUT2D eigenvalue weighted by atomic mass is 9.95. The molecule has 1 aromatic carbocycles.